The van der Waals surface area contributed by atoms with E-state index in [0.717, 1.165) is 29.8 Å². The molecule has 0 fully saturated rings. The molecule has 0 aliphatic rings. The van der Waals surface area contributed by atoms with Crippen molar-refractivity contribution in [2.75, 3.05) is 13.7 Å². The summed E-state index contributed by atoms with van der Waals surface area (Å²) in [4.78, 5) is 4.07. The lowest BCUT2D eigenvalue weighted by atomic mass is 9.97. The van der Waals surface area contributed by atoms with Crippen molar-refractivity contribution >= 4 is 11.6 Å². The first kappa shape index (κ1) is 15.8. The van der Waals surface area contributed by atoms with Gasteiger partial charge in [-0.25, -0.2) is 0 Å². The largest absolute Gasteiger partial charge is 0.496 e. The number of methoxy groups -OCH3 is 1. The lowest BCUT2D eigenvalue weighted by Gasteiger charge is -2.23. The van der Waals surface area contributed by atoms with E-state index in [1.165, 1.54) is 5.56 Å². The molecule has 1 aromatic carbocycles. The number of hydrogen-bond donors (Lipinski definition) is 1. The van der Waals surface area contributed by atoms with Gasteiger partial charge in [0.15, 0.2) is 0 Å². The van der Waals surface area contributed by atoms with Crippen LogP contribution in [0.15, 0.2) is 36.7 Å². The summed E-state index contributed by atoms with van der Waals surface area (Å²) < 4.78 is 5.52. The molecule has 0 bridgehead atoms. The van der Waals surface area contributed by atoms with Gasteiger partial charge in [0.2, 0.25) is 0 Å². The van der Waals surface area contributed by atoms with Gasteiger partial charge in [0.25, 0.3) is 0 Å². The van der Waals surface area contributed by atoms with Crippen molar-refractivity contribution in [2.24, 2.45) is 0 Å². The van der Waals surface area contributed by atoms with Crippen LogP contribution in [0.4, 0.5) is 0 Å². The van der Waals surface area contributed by atoms with Crippen LogP contribution in [-0.4, -0.2) is 18.6 Å². The fraction of sp³-hybridized carbons (Fsp3) is 0.353. The summed E-state index contributed by atoms with van der Waals surface area (Å²) in [6.07, 6.45) is 4.50. The van der Waals surface area contributed by atoms with Crippen molar-refractivity contribution in [3.05, 3.63) is 58.4 Å². The second-order valence-electron chi connectivity index (χ2n) is 5.03. The summed E-state index contributed by atoms with van der Waals surface area (Å²) in [6, 6.07) is 8.14. The van der Waals surface area contributed by atoms with Gasteiger partial charge in [-0.05, 0) is 37.6 Å². The van der Waals surface area contributed by atoms with E-state index in [9.17, 15) is 0 Å². The van der Waals surface area contributed by atoms with Crippen LogP contribution in [0.2, 0.25) is 5.02 Å². The molecule has 1 atom stereocenters. The maximum atomic E-state index is 6.34. The van der Waals surface area contributed by atoms with Gasteiger partial charge in [0.1, 0.15) is 5.75 Å². The van der Waals surface area contributed by atoms with Crippen LogP contribution in [0.1, 0.15) is 36.1 Å². The van der Waals surface area contributed by atoms with Gasteiger partial charge in [-0.2, -0.15) is 0 Å². The van der Waals surface area contributed by atoms with E-state index in [4.69, 9.17) is 16.3 Å². The molecular weight excluding hydrogens is 284 g/mol. The number of benzene rings is 1. The number of pyridine rings is 1. The maximum absolute atomic E-state index is 6.34. The highest BCUT2D eigenvalue weighted by atomic mass is 35.5. The Bertz CT molecular complexity index is 601. The topological polar surface area (TPSA) is 34.2 Å². The highest BCUT2D eigenvalue weighted by Crippen LogP contribution is 2.33. The molecule has 0 aliphatic heterocycles. The van der Waals surface area contributed by atoms with Gasteiger partial charge >= 0.3 is 0 Å². The van der Waals surface area contributed by atoms with Gasteiger partial charge in [-0.15, -0.1) is 0 Å². The molecule has 4 heteroatoms. The first-order chi connectivity index (χ1) is 10.2. The van der Waals surface area contributed by atoms with E-state index in [1.54, 1.807) is 19.5 Å². The smallest absolute Gasteiger partial charge is 0.124 e. The van der Waals surface area contributed by atoms with Crippen LogP contribution in [-0.2, 0) is 0 Å². The van der Waals surface area contributed by atoms with Crippen LogP contribution in [0, 0.1) is 6.92 Å². The summed E-state index contributed by atoms with van der Waals surface area (Å²) in [5.41, 5.74) is 3.31. The van der Waals surface area contributed by atoms with E-state index in [1.807, 2.05) is 18.2 Å². The van der Waals surface area contributed by atoms with Gasteiger partial charge < -0.3 is 10.1 Å². The Hall–Kier alpha value is -1.58. The Morgan fingerprint density at radius 1 is 1.29 bits per heavy atom. The third-order valence-corrected chi connectivity index (χ3v) is 3.73. The minimum atomic E-state index is -0.00435. The predicted octanol–water partition coefficient (Wildman–Crippen LogP) is 4.14. The normalized spacial score (nSPS) is 12.2. The fourth-order valence-corrected chi connectivity index (χ4v) is 2.60. The highest BCUT2D eigenvalue weighted by molar-refractivity contribution is 6.31. The second kappa shape index (κ2) is 7.43. The van der Waals surface area contributed by atoms with Crippen LogP contribution in [0.5, 0.6) is 5.75 Å². The number of nitrogens with one attached hydrogen (secondary N) is 1. The Morgan fingerprint density at radius 2 is 2.10 bits per heavy atom. The molecule has 0 radical (unpaired) electrons. The molecule has 1 unspecified atom stereocenters. The van der Waals surface area contributed by atoms with E-state index in [-0.39, 0.29) is 6.04 Å². The summed E-state index contributed by atoms with van der Waals surface area (Å²) in [5.74, 6) is 0.863. The molecule has 2 aromatic rings. The molecule has 0 amide bonds. The summed E-state index contributed by atoms with van der Waals surface area (Å²) in [7, 11) is 1.69. The third-order valence-electron chi connectivity index (χ3n) is 3.41. The Balaban J connectivity index is 2.50. The molecule has 1 aromatic heterocycles. The standard InChI is InChI=1S/C17H21ClN2O/c1-4-8-20-17(13-7-9-19-11-15(13)18)14-10-12(2)5-6-16(14)21-3/h5-7,9-11,17,20H,4,8H2,1-3H3. The van der Waals surface area contributed by atoms with E-state index in [0.29, 0.717) is 5.02 Å². The van der Waals surface area contributed by atoms with Crippen LogP contribution in [0.3, 0.4) is 0 Å². The first-order valence-corrected chi connectivity index (χ1v) is 7.52. The zero-order valence-corrected chi connectivity index (χ0v) is 13.4. The molecule has 112 valence electrons. The van der Waals surface area contributed by atoms with Crippen molar-refractivity contribution in [2.45, 2.75) is 26.3 Å². The summed E-state index contributed by atoms with van der Waals surface area (Å²) in [5, 5.41) is 4.21. The van der Waals surface area contributed by atoms with E-state index < -0.39 is 0 Å². The average molecular weight is 305 g/mol. The Labute approximate surface area is 131 Å². The number of aromatic nitrogens is 1. The van der Waals surface area contributed by atoms with Crippen LogP contribution < -0.4 is 10.1 Å². The van der Waals surface area contributed by atoms with Crippen molar-refractivity contribution < 1.29 is 4.74 Å². The van der Waals surface area contributed by atoms with Crippen molar-refractivity contribution in [3.8, 4) is 5.75 Å². The number of hydrogen-bond acceptors (Lipinski definition) is 3. The van der Waals surface area contributed by atoms with E-state index in [2.05, 4.69) is 30.2 Å². The molecule has 1 heterocycles. The molecule has 0 saturated carbocycles. The second-order valence-corrected chi connectivity index (χ2v) is 5.44. The number of aryl methyl sites for hydroxylation is 1. The number of ether oxygens (including phenoxy) is 1. The lowest BCUT2D eigenvalue weighted by Crippen LogP contribution is -2.24. The lowest BCUT2D eigenvalue weighted by molar-refractivity contribution is 0.403. The van der Waals surface area contributed by atoms with Gasteiger partial charge in [0.05, 0.1) is 18.2 Å². The van der Waals surface area contributed by atoms with Gasteiger partial charge in [-0.1, -0.05) is 36.2 Å². The molecule has 0 spiro atoms. The van der Waals surface area contributed by atoms with E-state index >= 15 is 0 Å². The zero-order chi connectivity index (χ0) is 15.2. The zero-order valence-electron chi connectivity index (χ0n) is 12.7. The maximum Gasteiger partial charge on any atom is 0.124 e. The van der Waals surface area contributed by atoms with Gasteiger partial charge in [-0.3, -0.25) is 4.98 Å². The number of halogens is 1. The van der Waals surface area contributed by atoms with Crippen molar-refractivity contribution in [1.29, 1.82) is 0 Å². The van der Waals surface area contributed by atoms with Crippen molar-refractivity contribution in [1.82, 2.24) is 10.3 Å². The average Bonchev–Trinajstić information content (AvgIpc) is 2.49. The third kappa shape index (κ3) is 3.74. The number of rotatable bonds is 6. The summed E-state index contributed by atoms with van der Waals surface area (Å²) in [6.45, 7) is 5.13. The Kier molecular flexibility index (Phi) is 5.59. The molecular formula is C17H21ClN2O. The number of nitrogens with zero attached hydrogens (tertiary/aromatic N) is 1. The highest BCUT2D eigenvalue weighted by Gasteiger charge is 2.20. The minimum Gasteiger partial charge on any atom is -0.496 e. The minimum absolute atomic E-state index is 0.00435. The van der Waals surface area contributed by atoms with Crippen molar-refractivity contribution in [3.63, 3.8) is 0 Å². The Morgan fingerprint density at radius 3 is 2.76 bits per heavy atom. The summed E-state index contributed by atoms with van der Waals surface area (Å²) >= 11 is 6.34. The van der Waals surface area contributed by atoms with Crippen LogP contribution >= 0.6 is 11.6 Å². The molecule has 21 heavy (non-hydrogen) atoms. The molecule has 3 nitrogen and oxygen atoms in total. The molecule has 0 saturated heterocycles. The molecule has 1 N–H and O–H groups in total. The van der Waals surface area contributed by atoms with Gasteiger partial charge in [0, 0.05) is 18.0 Å². The van der Waals surface area contributed by atoms with Crippen LogP contribution in [0.25, 0.3) is 0 Å². The molecule has 2 rings (SSSR count). The SMILES string of the molecule is CCCNC(c1ccncc1Cl)c1cc(C)ccc1OC. The monoisotopic (exact) mass is 304 g/mol. The fourth-order valence-electron chi connectivity index (χ4n) is 2.38. The quantitative estimate of drug-likeness (QED) is 0.871. The predicted molar refractivity (Wildman–Crippen MR) is 87.1 cm³/mol. The first-order valence-electron chi connectivity index (χ1n) is 7.14. The molecule has 0 aliphatic carbocycles.